The van der Waals surface area contributed by atoms with Crippen molar-refractivity contribution in [2.75, 3.05) is 0 Å². The van der Waals surface area contributed by atoms with Crippen molar-refractivity contribution in [2.24, 2.45) is 0 Å². The summed E-state index contributed by atoms with van der Waals surface area (Å²) in [5.74, 6) is -0.153. The number of benzene rings is 6. The van der Waals surface area contributed by atoms with Gasteiger partial charge in [-0.05, 0) is 108 Å². The van der Waals surface area contributed by atoms with E-state index in [-0.39, 0.29) is 46.0 Å². The van der Waals surface area contributed by atoms with Crippen LogP contribution in [0.4, 0.5) is 0 Å². The number of ether oxygens (including phenoxy) is 1. The summed E-state index contributed by atoms with van der Waals surface area (Å²) < 4.78 is 7.12. The highest BCUT2D eigenvalue weighted by Gasteiger charge is 2.87. The Hall–Kier alpha value is -6.48. The van der Waals surface area contributed by atoms with Crippen LogP contribution in [0, 0.1) is 0 Å². The molecule has 6 aromatic carbocycles. The van der Waals surface area contributed by atoms with Crippen LogP contribution in [0.3, 0.4) is 0 Å². The van der Waals surface area contributed by atoms with Crippen LogP contribution in [0.1, 0.15) is 84.2 Å². The topological polar surface area (TPSA) is 171 Å². The van der Waals surface area contributed by atoms with Crippen molar-refractivity contribution in [2.45, 2.75) is 66.8 Å². The Morgan fingerprint density at radius 1 is 0.429 bits per heavy atom. The molecule has 0 radical (unpaired) electrons. The van der Waals surface area contributed by atoms with E-state index in [2.05, 4.69) is 13.8 Å². The zero-order valence-electron chi connectivity index (χ0n) is 31.1. The minimum absolute atomic E-state index is 0.0437. The molecular weight excluding hydrogens is 709 g/mol. The van der Waals surface area contributed by atoms with E-state index >= 15 is 0 Å². The van der Waals surface area contributed by atoms with Crippen LogP contribution in [0.15, 0.2) is 109 Å². The van der Waals surface area contributed by atoms with Gasteiger partial charge in [-0.25, -0.2) is 0 Å². The van der Waals surface area contributed by atoms with Gasteiger partial charge in [0.05, 0.1) is 5.41 Å². The summed E-state index contributed by atoms with van der Waals surface area (Å²) in [5.41, 5.74) is -1.12. The predicted octanol–water partition coefficient (Wildman–Crippen LogP) is 8.16. The molecule has 0 unspecified atom stereocenters. The Bertz CT molecular complexity index is 2670. The molecule has 1 fully saturated rings. The lowest BCUT2D eigenvalue weighted by molar-refractivity contribution is 0.0570. The SMILES string of the molecule is C[C@@]1(c2ccc(O)cc2)c2c(O)cc(O)cc2[C@]2(C)c3c(cc(O)c4c3[C@]1(C)[C@]1(c3ccc(O)cc3)C[C@@]41c1cc(O)cc(O)c1)O[C@]2(C)c1ccc(O)cc1. The average molecular weight is 749 g/mol. The summed E-state index contributed by atoms with van der Waals surface area (Å²) in [6, 6.07) is 29.7. The minimum atomic E-state index is -1.27. The zero-order chi connectivity index (χ0) is 39.5. The molecule has 1 heterocycles. The van der Waals surface area contributed by atoms with Gasteiger partial charge in [-0.1, -0.05) is 50.2 Å². The number of aromatic hydroxyl groups is 8. The van der Waals surface area contributed by atoms with Gasteiger partial charge in [-0.3, -0.25) is 0 Å². The van der Waals surface area contributed by atoms with Crippen molar-refractivity contribution >= 4 is 0 Å². The van der Waals surface area contributed by atoms with E-state index in [9.17, 15) is 40.9 Å². The van der Waals surface area contributed by atoms with Gasteiger partial charge in [-0.15, -0.1) is 0 Å². The molecular formula is C47H40O9. The molecule has 1 saturated carbocycles. The highest BCUT2D eigenvalue weighted by molar-refractivity contribution is 5.84. The second kappa shape index (κ2) is 10.2. The van der Waals surface area contributed by atoms with Gasteiger partial charge in [0, 0.05) is 56.5 Å². The maximum Gasteiger partial charge on any atom is 0.145 e. The van der Waals surface area contributed by atoms with Crippen LogP contribution >= 0.6 is 0 Å². The third-order valence-corrected chi connectivity index (χ3v) is 14.7. The van der Waals surface area contributed by atoms with Gasteiger partial charge in [0.25, 0.3) is 0 Å². The second-order valence-corrected chi connectivity index (χ2v) is 16.8. The molecule has 9 nitrogen and oxygen atoms in total. The molecule has 9 heteroatoms. The van der Waals surface area contributed by atoms with Crippen LogP contribution in [0.2, 0.25) is 0 Å². The van der Waals surface area contributed by atoms with E-state index in [0.717, 1.165) is 22.3 Å². The van der Waals surface area contributed by atoms with E-state index in [1.54, 1.807) is 72.8 Å². The number of phenolic OH excluding ortho intramolecular Hbond substituents is 8. The molecule has 0 aromatic heterocycles. The minimum Gasteiger partial charge on any atom is -0.508 e. The van der Waals surface area contributed by atoms with Gasteiger partial charge in [-0.2, -0.15) is 0 Å². The van der Waals surface area contributed by atoms with Gasteiger partial charge in [0.15, 0.2) is 0 Å². The van der Waals surface area contributed by atoms with Crippen molar-refractivity contribution in [1.29, 1.82) is 0 Å². The van der Waals surface area contributed by atoms with Crippen molar-refractivity contribution in [3.05, 3.63) is 159 Å². The number of hydrogen-bond donors (Lipinski definition) is 8. The molecule has 282 valence electrons. The highest BCUT2D eigenvalue weighted by atomic mass is 16.5. The standard InChI is InChI=1S/C47H40O9/c1-42(24-5-11-28(48)12-6-24)38-34(20-33(53)21-35(38)54)43(2)40-37(56-45(43,4)25-7-13-29(49)14-8-25)22-36(55)39-41(40)44(42,3)47(26-9-15-30(50)16-10-26)23-46(39,47)27-17-31(51)19-32(52)18-27/h5-22,48-55H,23H2,1-4H3/t42-,43-,44+,45-,46-,47-/m1/s1. The van der Waals surface area contributed by atoms with Gasteiger partial charge >= 0.3 is 0 Å². The quantitative estimate of drug-likeness (QED) is 0.0886. The third-order valence-electron chi connectivity index (χ3n) is 14.7. The van der Waals surface area contributed by atoms with E-state index in [0.29, 0.717) is 40.0 Å². The largest absolute Gasteiger partial charge is 0.508 e. The Morgan fingerprint density at radius 2 is 0.929 bits per heavy atom. The molecule has 0 amide bonds. The molecule has 4 aliphatic rings. The summed E-state index contributed by atoms with van der Waals surface area (Å²) in [6.45, 7) is 8.13. The molecule has 0 bridgehead atoms. The van der Waals surface area contributed by atoms with E-state index in [1.807, 2.05) is 38.1 Å². The first-order chi connectivity index (χ1) is 26.5. The average Bonchev–Trinajstić information content (AvgIpc) is 3.74. The van der Waals surface area contributed by atoms with Gasteiger partial charge in [0.1, 0.15) is 57.3 Å². The first-order valence-electron chi connectivity index (χ1n) is 18.6. The molecule has 3 aliphatic carbocycles. The van der Waals surface area contributed by atoms with Crippen LogP contribution in [0.5, 0.6) is 51.7 Å². The summed E-state index contributed by atoms with van der Waals surface area (Å²) in [4.78, 5) is 0. The molecule has 6 aromatic rings. The zero-order valence-corrected chi connectivity index (χ0v) is 31.1. The fourth-order valence-corrected chi connectivity index (χ4v) is 12.1. The summed E-state index contributed by atoms with van der Waals surface area (Å²) in [6.07, 6.45) is 0.387. The lowest BCUT2D eigenvalue weighted by Gasteiger charge is -2.52. The van der Waals surface area contributed by atoms with E-state index in [1.165, 1.54) is 12.1 Å². The van der Waals surface area contributed by atoms with Crippen molar-refractivity contribution in [1.82, 2.24) is 0 Å². The molecule has 10 rings (SSSR count). The van der Waals surface area contributed by atoms with Crippen molar-refractivity contribution in [3.8, 4) is 51.7 Å². The predicted molar refractivity (Wildman–Crippen MR) is 207 cm³/mol. The van der Waals surface area contributed by atoms with E-state index in [4.69, 9.17) is 4.74 Å². The second-order valence-electron chi connectivity index (χ2n) is 16.8. The van der Waals surface area contributed by atoms with E-state index < -0.39 is 32.7 Å². The smallest absolute Gasteiger partial charge is 0.145 e. The molecule has 8 N–H and O–H groups in total. The first-order valence-corrected chi connectivity index (χ1v) is 18.6. The number of rotatable bonds is 4. The van der Waals surface area contributed by atoms with Crippen LogP contribution < -0.4 is 4.74 Å². The van der Waals surface area contributed by atoms with Gasteiger partial charge < -0.3 is 45.6 Å². The van der Waals surface area contributed by atoms with Crippen LogP contribution in [0.25, 0.3) is 0 Å². The van der Waals surface area contributed by atoms with Crippen LogP contribution in [-0.4, -0.2) is 40.9 Å². The summed E-state index contributed by atoms with van der Waals surface area (Å²) in [5, 5.41) is 90.4. The number of fused-ring (bicyclic) bond motifs is 5. The Labute approximate surface area is 322 Å². The summed E-state index contributed by atoms with van der Waals surface area (Å²) in [7, 11) is 0. The number of phenols is 8. The lowest BCUT2D eigenvalue weighted by atomic mass is 9.49. The lowest BCUT2D eigenvalue weighted by Crippen LogP contribution is -2.53. The van der Waals surface area contributed by atoms with Crippen molar-refractivity contribution in [3.63, 3.8) is 0 Å². The maximum atomic E-state index is 12.7. The molecule has 0 saturated heterocycles. The molecule has 0 spiro atoms. The maximum absolute atomic E-state index is 12.7. The molecule has 1 aliphatic heterocycles. The van der Waals surface area contributed by atoms with Crippen LogP contribution in [-0.2, 0) is 32.7 Å². The molecule has 56 heavy (non-hydrogen) atoms. The molecule has 6 atom stereocenters. The Morgan fingerprint density at radius 3 is 1.50 bits per heavy atom. The Kier molecular flexibility index (Phi) is 6.22. The fourth-order valence-electron chi connectivity index (χ4n) is 12.1. The highest BCUT2D eigenvalue weighted by Crippen LogP contribution is 2.88. The normalized spacial score (nSPS) is 30.1. The first kappa shape index (κ1) is 34.0. The van der Waals surface area contributed by atoms with Gasteiger partial charge in [0.2, 0.25) is 0 Å². The summed E-state index contributed by atoms with van der Waals surface area (Å²) >= 11 is 0. The number of hydrogen-bond acceptors (Lipinski definition) is 9. The third kappa shape index (κ3) is 3.54. The van der Waals surface area contributed by atoms with Crippen molar-refractivity contribution < 1.29 is 45.6 Å². The Balaban J connectivity index is 1.48. The monoisotopic (exact) mass is 748 g/mol. The fraction of sp³-hybridized carbons (Fsp3) is 0.234.